The van der Waals surface area contributed by atoms with Gasteiger partial charge in [0.15, 0.2) is 0 Å². The van der Waals surface area contributed by atoms with E-state index in [9.17, 15) is 0 Å². The molecule has 0 aromatic carbocycles. The van der Waals surface area contributed by atoms with Crippen LogP contribution >= 0.6 is 11.8 Å². The molecular formula is C15H33NOS. The van der Waals surface area contributed by atoms with Crippen LogP contribution < -0.4 is 0 Å². The molecule has 0 aromatic heterocycles. The summed E-state index contributed by atoms with van der Waals surface area (Å²) in [5.41, 5.74) is -0.0216. The van der Waals surface area contributed by atoms with Gasteiger partial charge in [-0.15, -0.1) is 0 Å². The van der Waals surface area contributed by atoms with E-state index in [1.54, 1.807) is 0 Å². The van der Waals surface area contributed by atoms with Crippen LogP contribution in [0.25, 0.3) is 0 Å². The summed E-state index contributed by atoms with van der Waals surface area (Å²) in [6.45, 7) is 16.2. The van der Waals surface area contributed by atoms with E-state index < -0.39 is 0 Å². The summed E-state index contributed by atoms with van der Waals surface area (Å²) in [5.74, 6) is 1.27. The zero-order valence-electron chi connectivity index (χ0n) is 13.5. The van der Waals surface area contributed by atoms with E-state index in [1.165, 1.54) is 18.6 Å². The lowest BCUT2D eigenvalue weighted by molar-refractivity contribution is -0.0111. The fourth-order valence-corrected chi connectivity index (χ4v) is 3.07. The highest BCUT2D eigenvalue weighted by Gasteiger charge is 2.20. The lowest BCUT2D eigenvalue weighted by Gasteiger charge is -2.30. The lowest BCUT2D eigenvalue weighted by Crippen LogP contribution is -2.37. The number of thioether (sulfide) groups is 1. The molecular weight excluding hydrogens is 242 g/mol. The van der Waals surface area contributed by atoms with Gasteiger partial charge in [-0.25, -0.2) is 0 Å². The van der Waals surface area contributed by atoms with Gasteiger partial charge in [-0.3, -0.25) is 0 Å². The van der Waals surface area contributed by atoms with Gasteiger partial charge in [-0.2, -0.15) is 11.8 Å². The normalized spacial score (nSPS) is 13.3. The number of unbranched alkanes of at least 4 members (excludes halogenated alkanes) is 1. The van der Waals surface area contributed by atoms with E-state index in [2.05, 4.69) is 65.3 Å². The van der Waals surface area contributed by atoms with Crippen LogP contribution in [0.5, 0.6) is 0 Å². The molecule has 0 radical (unpaired) electrons. The van der Waals surface area contributed by atoms with E-state index in [-0.39, 0.29) is 5.60 Å². The number of likely N-dealkylation sites (N-methyl/N-ethyl adjacent to an activating group) is 1. The highest BCUT2D eigenvalue weighted by atomic mass is 32.2. The minimum atomic E-state index is -0.0216. The van der Waals surface area contributed by atoms with Gasteiger partial charge in [0.05, 0.1) is 12.2 Å². The SMILES string of the molecule is CCCCSC(C)(C)CN(C)CCOC(C)(C)C. The molecule has 0 aliphatic carbocycles. The second kappa shape index (κ2) is 8.44. The van der Waals surface area contributed by atoms with Gasteiger partial charge in [0, 0.05) is 17.8 Å². The van der Waals surface area contributed by atoms with E-state index in [0.717, 1.165) is 19.7 Å². The Labute approximate surface area is 119 Å². The zero-order chi connectivity index (χ0) is 14.2. The molecule has 2 nitrogen and oxygen atoms in total. The highest BCUT2D eigenvalue weighted by molar-refractivity contribution is 8.00. The smallest absolute Gasteiger partial charge is 0.0600 e. The number of hydrogen-bond donors (Lipinski definition) is 0. The first-order valence-corrected chi connectivity index (χ1v) is 8.11. The maximum Gasteiger partial charge on any atom is 0.0600 e. The third-order valence-corrected chi connectivity index (χ3v) is 4.05. The van der Waals surface area contributed by atoms with Crippen molar-refractivity contribution < 1.29 is 4.74 Å². The van der Waals surface area contributed by atoms with Crippen LogP contribution in [0, 0.1) is 0 Å². The fourth-order valence-electron chi connectivity index (χ4n) is 1.78. The summed E-state index contributed by atoms with van der Waals surface area (Å²) in [7, 11) is 2.19. The maximum absolute atomic E-state index is 5.76. The second-order valence-electron chi connectivity index (χ2n) is 6.66. The van der Waals surface area contributed by atoms with Crippen LogP contribution in [0.3, 0.4) is 0 Å². The van der Waals surface area contributed by atoms with E-state index in [0.29, 0.717) is 4.75 Å². The molecule has 0 rings (SSSR count). The molecule has 0 amide bonds. The second-order valence-corrected chi connectivity index (χ2v) is 8.46. The van der Waals surface area contributed by atoms with Crippen molar-refractivity contribution in [2.75, 3.05) is 32.5 Å². The lowest BCUT2D eigenvalue weighted by atomic mass is 10.2. The van der Waals surface area contributed by atoms with Crippen molar-refractivity contribution >= 4 is 11.8 Å². The summed E-state index contributed by atoms with van der Waals surface area (Å²) in [6.07, 6.45) is 2.61. The van der Waals surface area contributed by atoms with Crippen LogP contribution in [0.2, 0.25) is 0 Å². The summed E-state index contributed by atoms with van der Waals surface area (Å²) >= 11 is 2.09. The Morgan fingerprint density at radius 1 is 1.11 bits per heavy atom. The van der Waals surface area contributed by atoms with Crippen molar-refractivity contribution in [2.45, 2.75) is 64.7 Å². The van der Waals surface area contributed by atoms with Crippen molar-refractivity contribution in [2.24, 2.45) is 0 Å². The maximum atomic E-state index is 5.76. The first kappa shape index (κ1) is 18.3. The largest absolute Gasteiger partial charge is 0.375 e. The first-order valence-electron chi connectivity index (χ1n) is 7.13. The molecule has 0 heterocycles. The van der Waals surface area contributed by atoms with Crippen LogP contribution in [0.1, 0.15) is 54.4 Å². The number of ether oxygens (including phenoxy) is 1. The Morgan fingerprint density at radius 2 is 1.72 bits per heavy atom. The van der Waals surface area contributed by atoms with Gasteiger partial charge in [0.2, 0.25) is 0 Å². The molecule has 0 saturated carbocycles. The monoisotopic (exact) mass is 275 g/mol. The third-order valence-electron chi connectivity index (χ3n) is 2.65. The Kier molecular flexibility index (Phi) is 8.57. The predicted molar refractivity (Wildman–Crippen MR) is 84.6 cm³/mol. The summed E-state index contributed by atoms with van der Waals surface area (Å²) in [5, 5.41) is 0. The van der Waals surface area contributed by atoms with Gasteiger partial charge in [-0.1, -0.05) is 13.3 Å². The third kappa shape index (κ3) is 11.4. The van der Waals surface area contributed by atoms with Gasteiger partial charge >= 0.3 is 0 Å². The molecule has 0 bridgehead atoms. The minimum absolute atomic E-state index is 0.0216. The molecule has 110 valence electrons. The Hall–Kier alpha value is 0.270. The highest BCUT2D eigenvalue weighted by Crippen LogP contribution is 2.26. The van der Waals surface area contributed by atoms with Gasteiger partial charge in [0.1, 0.15) is 0 Å². The van der Waals surface area contributed by atoms with Crippen molar-refractivity contribution in [3.05, 3.63) is 0 Å². The van der Waals surface area contributed by atoms with E-state index in [1.807, 2.05) is 0 Å². The predicted octanol–water partition coefficient (Wildman–Crippen LogP) is 4.05. The molecule has 18 heavy (non-hydrogen) atoms. The summed E-state index contributed by atoms with van der Waals surface area (Å²) in [6, 6.07) is 0. The standard InChI is InChI=1S/C15H33NOS/c1-8-9-12-18-15(5,6)13-16(7)10-11-17-14(2,3)4/h8-13H2,1-7H3. The van der Waals surface area contributed by atoms with Gasteiger partial charge < -0.3 is 9.64 Å². The number of hydrogen-bond acceptors (Lipinski definition) is 3. The van der Waals surface area contributed by atoms with Crippen LogP contribution in [-0.4, -0.2) is 47.7 Å². The van der Waals surface area contributed by atoms with E-state index in [4.69, 9.17) is 4.74 Å². The quantitative estimate of drug-likeness (QED) is 0.589. The molecule has 0 spiro atoms. The summed E-state index contributed by atoms with van der Waals surface area (Å²) in [4.78, 5) is 2.38. The molecule has 0 unspecified atom stereocenters. The summed E-state index contributed by atoms with van der Waals surface area (Å²) < 4.78 is 6.10. The molecule has 0 aliphatic heterocycles. The van der Waals surface area contributed by atoms with Crippen LogP contribution in [-0.2, 0) is 4.74 Å². The van der Waals surface area contributed by atoms with Crippen molar-refractivity contribution in [3.63, 3.8) is 0 Å². The molecule has 0 N–H and O–H groups in total. The van der Waals surface area contributed by atoms with Crippen molar-refractivity contribution in [3.8, 4) is 0 Å². The first-order chi connectivity index (χ1) is 8.16. The van der Waals surface area contributed by atoms with E-state index >= 15 is 0 Å². The van der Waals surface area contributed by atoms with Gasteiger partial charge in [0.25, 0.3) is 0 Å². The Morgan fingerprint density at radius 3 is 2.22 bits per heavy atom. The van der Waals surface area contributed by atoms with Crippen LogP contribution in [0.4, 0.5) is 0 Å². The van der Waals surface area contributed by atoms with Crippen molar-refractivity contribution in [1.82, 2.24) is 4.90 Å². The van der Waals surface area contributed by atoms with Gasteiger partial charge in [-0.05, 0) is 53.8 Å². The zero-order valence-corrected chi connectivity index (χ0v) is 14.3. The topological polar surface area (TPSA) is 12.5 Å². The molecule has 3 heteroatoms. The average Bonchev–Trinajstić information content (AvgIpc) is 2.14. The fraction of sp³-hybridized carbons (Fsp3) is 1.00. The Balaban J connectivity index is 3.80. The Bertz CT molecular complexity index is 211. The van der Waals surface area contributed by atoms with Crippen LogP contribution in [0.15, 0.2) is 0 Å². The molecule has 0 atom stereocenters. The number of rotatable bonds is 9. The average molecular weight is 276 g/mol. The van der Waals surface area contributed by atoms with Crippen molar-refractivity contribution in [1.29, 1.82) is 0 Å². The molecule has 0 aromatic rings. The minimum Gasteiger partial charge on any atom is -0.375 e. The molecule has 0 saturated heterocycles. The molecule has 0 aliphatic rings. The molecule has 0 fully saturated rings. The number of nitrogens with zero attached hydrogens (tertiary/aromatic N) is 1.